The van der Waals surface area contributed by atoms with E-state index in [1.165, 1.54) is 11.1 Å². The fraction of sp³-hybridized carbons (Fsp3) is 0.400. The molecule has 0 fully saturated rings. The Bertz CT molecular complexity index is 541. The maximum absolute atomic E-state index is 5.80. The zero-order valence-electron chi connectivity index (χ0n) is 11.4. The molecular weight excluding hydrogens is 222 g/mol. The molecule has 0 aliphatic heterocycles. The predicted molar refractivity (Wildman–Crippen MR) is 74.4 cm³/mol. The van der Waals surface area contributed by atoms with E-state index in [0.29, 0.717) is 6.54 Å². The van der Waals surface area contributed by atoms with Gasteiger partial charge in [0.2, 0.25) is 0 Å². The highest BCUT2D eigenvalue weighted by molar-refractivity contribution is 5.27. The molecule has 2 N–H and O–H groups in total. The van der Waals surface area contributed by atoms with Crippen molar-refractivity contribution in [2.45, 2.75) is 33.2 Å². The van der Waals surface area contributed by atoms with Gasteiger partial charge in [0.15, 0.2) is 0 Å². The number of hydrogen-bond acceptors (Lipinski definition) is 2. The van der Waals surface area contributed by atoms with Gasteiger partial charge in [-0.25, -0.2) is 4.98 Å². The molecule has 0 aliphatic rings. The smallest absolute Gasteiger partial charge is 0.105 e. The Morgan fingerprint density at radius 2 is 1.89 bits per heavy atom. The van der Waals surface area contributed by atoms with Gasteiger partial charge >= 0.3 is 0 Å². The number of imidazole rings is 1. The Kier molecular flexibility index (Phi) is 3.82. The fourth-order valence-electron chi connectivity index (χ4n) is 2.32. The molecule has 0 bridgehead atoms. The van der Waals surface area contributed by atoms with Crippen molar-refractivity contribution in [1.82, 2.24) is 9.55 Å². The van der Waals surface area contributed by atoms with Crippen LogP contribution in [0.1, 0.15) is 28.3 Å². The predicted octanol–water partition coefficient (Wildman–Crippen LogP) is 2.28. The normalized spacial score (nSPS) is 10.9. The molecule has 18 heavy (non-hydrogen) atoms. The second kappa shape index (κ2) is 5.36. The first kappa shape index (κ1) is 12.8. The van der Waals surface area contributed by atoms with E-state index in [4.69, 9.17) is 5.73 Å². The van der Waals surface area contributed by atoms with Gasteiger partial charge in [-0.2, -0.15) is 0 Å². The molecule has 0 amide bonds. The molecule has 0 saturated carbocycles. The third kappa shape index (κ3) is 2.46. The standard InChI is InChI=1S/C15H21N3/c1-11-6-4-5-7-13(11)8-9-14-15(10-16)18(3)12(2)17-14/h4-7H,8-10,16H2,1-3H3. The number of hydrogen-bond donors (Lipinski definition) is 1. The molecule has 0 unspecified atom stereocenters. The van der Waals surface area contributed by atoms with Gasteiger partial charge in [0, 0.05) is 13.6 Å². The summed E-state index contributed by atoms with van der Waals surface area (Å²) in [6.07, 6.45) is 1.98. The van der Waals surface area contributed by atoms with Crippen LogP contribution in [0, 0.1) is 13.8 Å². The molecule has 1 aromatic heterocycles. The SMILES string of the molecule is Cc1ccccc1CCc1nc(C)n(C)c1CN. The van der Waals surface area contributed by atoms with E-state index in [1.807, 2.05) is 14.0 Å². The second-order valence-corrected chi connectivity index (χ2v) is 4.74. The van der Waals surface area contributed by atoms with Crippen LogP contribution in [0.25, 0.3) is 0 Å². The van der Waals surface area contributed by atoms with Crippen LogP contribution in [-0.2, 0) is 26.4 Å². The van der Waals surface area contributed by atoms with Crippen LogP contribution in [0.3, 0.4) is 0 Å². The van der Waals surface area contributed by atoms with Crippen molar-refractivity contribution in [1.29, 1.82) is 0 Å². The maximum Gasteiger partial charge on any atom is 0.105 e. The van der Waals surface area contributed by atoms with Gasteiger partial charge in [0.25, 0.3) is 0 Å². The van der Waals surface area contributed by atoms with Gasteiger partial charge in [-0.05, 0) is 37.8 Å². The number of nitrogens with zero attached hydrogens (tertiary/aromatic N) is 2. The van der Waals surface area contributed by atoms with Gasteiger partial charge in [0.05, 0.1) is 11.4 Å². The number of benzene rings is 1. The van der Waals surface area contributed by atoms with E-state index >= 15 is 0 Å². The number of nitrogens with two attached hydrogens (primary N) is 1. The lowest BCUT2D eigenvalue weighted by molar-refractivity contribution is 0.779. The molecule has 0 spiro atoms. The zero-order valence-corrected chi connectivity index (χ0v) is 11.4. The summed E-state index contributed by atoms with van der Waals surface area (Å²) in [7, 11) is 2.03. The minimum Gasteiger partial charge on any atom is -0.334 e. The van der Waals surface area contributed by atoms with Crippen molar-refractivity contribution in [3.63, 3.8) is 0 Å². The van der Waals surface area contributed by atoms with Crippen LogP contribution >= 0.6 is 0 Å². The largest absolute Gasteiger partial charge is 0.334 e. The Balaban J connectivity index is 2.16. The first-order valence-corrected chi connectivity index (χ1v) is 6.39. The third-order valence-electron chi connectivity index (χ3n) is 3.61. The summed E-state index contributed by atoms with van der Waals surface area (Å²) in [4.78, 5) is 4.61. The molecule has 3 nitrogen and oxygen atoms in total. The highest BCUT2D eigenvalue weighted by Crippen LogP contribution is 2.14. The first-order chi connectivity index (χ1) is 8.63. The molecule has 2 rings (SSSR count). The number of aryl methyl sites for hydroxylation is 4. The minimum absolute atomic E-state index is 0.556. The summed E-state index contributed by atoms with van der Waals surface area (Å²) >= 11 is 0. The van der Waals surface area contributed by atoms with E-state index < -0.39 is 0 Å². The lowest BCUT2D eigenvalue weighted by Gasteiger charge is -2.06. The molecule has 96 valence electrons. The zero-order chi connectivity index (χ0) is 13.1. The van der Waals surface area contributed by atoms with Crippen LogP contribution in [0.15, 0.2) is 24.3 Å². The molecule has 0 radical (unpaired) electrons. The van der Waals surface area contributed by atoms with E-state index in [-0.39, 0.29) is 0 Å². The van der Waals surface area contributed by atoms with Crippen LogP contribution < -0.4 is 5.73 Å². The van der Waals surface area contributed by atoms with Crippen molar-refractivity contribution in [2.24, 2.45) is 12.8 Å². The van der Waals surface area contributed by atoms with Crippen molar-refractivity contribution in [2.75, 3.05) is 0 Å². The van der Waals surface area contributed by atoms with E-state index in [9.17, 15) is 0 Å². The highest BCUT2D eigenvalue weighted by atomic mass is 15.1. The Hall–Kier alpha value is -1.61. The van der Waals surface area contributed by atoms with Crippen LogP contribution in [0.5, 0.6) is 0 Å². The summed E-state index contributed by atoms with van der Waals surface area (Å²) in [6.45, 7) is 4.74. The van der Waals surface area contributed by atoms with Crippen LogP contribution in [0.2, 0.25) is 0 Å². The third-order valence-corrected chi connectivity index (χ3v) is 3.61. The molecule has 0 aliphatic carbocycles. The van der Waals surface area contributed by atoms with Crippen LogP contribution in [-0.4, -0.2) is 9.55 Å². The van der Waals surface area contributed by atoms with Gasteiger partial charge < -0.3 is 10.3 Å². The quantitative estimate of drug-likeness (QED) is 0.895. The topological polar surface area (TPSA) is 43.8 Å². The summed E-state index contributed by atoms with van der Waals surface area (Å²) in [5.41, 5.74) is 10.8. The fourth-order valence-corrected chi connectivity index (χ4v) is 2.32. The minimum atomic E-state index is 0.556. The molecule has 0 atom stereocenters. The van der Waals surface area contributed by atoms with Crippen LogP contribution in [0.4, 0.5) is 0 Å². The lowest BCUT2D eigenvalue weighted by Crippen LogP contribution is -2.07. The summed E-state index contributed by atoms with van der Waals surface area (Å²) in [6, 6.07) is 8.51. The van der Waals surface area contributed by atoms with E-state index in [2.05, 4.69) is 40.7 Å². The first-order valence-electron chi connectivity index (χ1n) is 6.39. The monoisotopic (exact) mass is 243 g/mol. The van der Waals surface area contributed by atoms with Gasteiger partial charge in [-0.3, -0.25) is 0 Å². The number of aromatic nitrogens is 2. The Morgan fingerprint density at radius 3 is 2.56 bits per heavy atom. The average molecular weight is 243 g/mol. The second-order valence-electron chi connectivity index (χ2n) is 4.74. The molecule has 1 aromatic carbocycles. The molecule has 2 aromatic rings. The van der Waals surface area contributed by atoms with Crippen molar-refractivity contribution in [3.8, 4) is 0 Å². The summed E-state index contributed by atoms with van der Waals surface area (Å²) in [5, 5.41) is 0. The highest BCUT2D eigenvalue weighted by Gasteiger charge is 2.10. The maximum atomic E-state index is 5.80. The molecule has 1 heterocycles. The molecule has 3 heteroatoms. The van der Waals surface area contributed by atoms with Crippen molar-refractivity contribution >= 4 is 0 Å². The van der Waals surface area contributed by atoms with Crippen molar-refractivity contribution < 1.29 is 0 Å². The van der Waals surface area contributed by atoms with Gasteiger partial charge in [-0.15, -0.1) is 0 Å². The molecular formula is C15H21N3. The van der Waals surface area contributed by atoms with E-state index in [1.54, 1.807) is 0 Å². The summed E-state index contributed by atoms with van der Waals surface area (Å²) < 4.78 is 2.09. The van der Waals surface area contributed by atoms with E-state index in [0.717, 1.165) is 30.1 Å². The molecule has 0 saturated heterocycles. The van der Waals surface area contributed by atoms with Gasteiger partial charge in [-0.1, -0.05) is 24.3 Å². The van der Waals surface area contributed by atoms with Gasteiger partial charge in [0.1, 0.15) is 5.82 Å². The Morgan fingerprint density at radius 1 is 1.17 bits per heavy atom. The average Bonchev–Trinajstić information content (AvgIpc) is 2.64. The Labute approximate surface area is 109 Å². The number of rotatable bonds is 4. The van der Waals surface area contributed by atoms with Crippen molar-refractivity contribution in [3.05, 3.63) is 52.6 Å². The summed E-state index contributed by atoms with van der Waals surface area (Å²) in [5.74, 6) is 1.04. The lowest BCUT2D eigenvalue weighted by atomic mass is 10.0.